The summed E-state index contributed by atoms with van der Waals surface area (Å²) in [6, 6.07) is 12.4. The second kappa shape index (κ2) is 4.63. The highest BCUT2D eigenvalue weighted by atomic mass is 32.1. The van der Waals surface area contributed by atoms with Crippen LogP contribution >= 0.6 is 11.3 Å². The Kier molecular flexibility index (Phi) is 3.36. The molecule has 0 saturated heterocycles. The van der Waals surface area contributed by atoms with Crippen LogP contribution in [0, 0.1) is 0 Å². The van der Waals surface area contributed by atoms with Crippen LogP contribution in [-0.2, 0) is 12.0 Å². The molecule has 1 aromatic heterocycles. The minimum absolute atomic E-state index is 0.0930. The zero-order valence-electron chi connectivity index (χ0n) is 10.5. The van der Waals surface area contributed by atoms with Gasteiger partial charge in [-0.05, 0) is 22.6 Å². The second-order valence-corrected chi connectivity index (χ2v) is 6.29. The zero-order valence-corrected chi connectivity index (χ0v) is 11.3. The maximum Gasteiger partial charge on any atom is 0.0693 e. The lowest BCUT2D eigenvalue weighted by Gasteiger charge is -2.18. The Bertz CT molecular complexity index is 491. The molecular formula is C15H18OS. The molecule has 1 N–H and O–H groups in total. The molecule has 90 valence electrons. The first kappa shape index (κ1) is 12.3. The third kappa shape index (κ3) is 2.59. The van der Waals surface area contributed by atoms with E-state index in [1.807, 2.05) is 18.2 Å². The summed E-state index contributed by atoms with van der Waals surface area (Å²) in [6.45, 7) is 6.68. The Morgan fingerprint density at radius 3 is 2.24 bits per heavy atom. The van der Waals surface area contributed by atoms with Gasteiger partial charge in [-0.3, -0.25) is 0 Å². The number of aliphatic hydroxyl groups is 1. The van der Waals surface area contributed by atoms with Crippen molar-refractivity contribution < 1.29 is 5.11 Å². The van der Waals surface area contributed by atoms with Crippen LogP contribution < -0.4 is 0 Å². The Balaban J connectivity index is 2.49. The van der Waals surface area contributed by atoms with Crippen LogP contribution in [0.15, 0.2) is 36.4 Å². The first-order valence-corrected chi connectivity index (χ1v) is 6.63. The fourth-order valence-electron chi connectivity index (χ4n) is 1.93. The van der Waals surface area contributed by atoms with Crippen molar-refractivity contribution in [1.29, 1.82) is 0 Å². The molecule has 0 aliphatic heterocycles. The van der Waals surface area contributed by atoms with Gasteiger partial charge in [-0.2, -0.15) is 0 Å². The van der Waals surface area contributed by atoms with Crippen molar-refractivity contribution in [2.24, 2.45) is 0 Å². The van der Waals surface area contributed by atoms with E-state index in [-0.39, 0.29) is 12.0 Å². The van der Waals surface area contributed by atoms with Crippen molar-refractivity contribution in [3.8, 4) is 10.4 Å². The van der Waals surface area contributed by atoms with Gasteiger partial charge < -0.3 is 5.11 Å². The van der Waals surface area contributed by atoms with Crippen molar-refractivity contribution in [3.63, 3.8) is 0 Å². The van der Waals surface area contributed by atoms with Gasteiger partial charge in [0.2, 0.25) is 0 Å². The molecule has 1 nitrogen and oxygen atoms in total. The predicted octanol–water partition coefficient (Wildman–Crippen LogP) is 4.20. The Morgan fingerprint density at radius 1 is 1.12 bits per heavy atom. The maximum atomic E-state index is 9.45. The SMILES string of the molecule is CC(C)(C)c1sc(-c2ccccc2)cc1CO. The third-order valence-electron chi connectivity index (χ3n) is 2.72. The van der Waals surface area contributed by atoms with Crippen LogP contribution in [0.2, 0.25) is 0 Å². The zero-order chi connectivity index (χ0) is 12.5. The summed E-state index contributed by atoms with van der Waals surface area (Å²) in [5, 5.41) is 9.45. The monoisotopic (exact) mass is 246 g/mol. The molecule has 2 rings (SSSR count). The summed E-state index contributed by atoms with van der Waals surface area (Å²) >= 11 is 1.78. The van der Waals surface area contributed by atoms with E-state index in [1.165, 1.54) is 15.3 Å². The van der Waals surface area contributed by atoms with Crippen molar-refractivity contribution in [2.45, 2.75) is 32.8 Å². The van der Waals surface area contributed by atoms with Gasteiger partial charge in [0.05, 0.1) is 6.61 Å². The van der Waals surface area contributed by atoms with E-state index in [2.05, 4.69) is 39.0 Å². The molecule has 0 unspecified atom stereocenters. The Hall–Kier alpha value is -1.12. The normalized spacial score (nSPS) is 11.8. The molecule has 2 heteroatoms. The number of benzene rings is 1. The predicted molar refractivity (Wildman–Crippen MR) is 74.4 cm³/mol. The molecule has 0 fully saturated rings. The van der Waals surface area contributed by atoms with Gasteiger partial charge in [-0.1, -0.05) is 51.1 Å². The van der Waals surface area contributed by atoms with Gasteiger partial charge in [0.1, 0.15) is 0 Å². The number of hydrogen-bond donors (Lipinski definition) is 1. The molecule has 0 aliphatic rings. The quantitative estimate of drug-likeness (QED) is 0.841. The summed E-state index contributed by atoms with van der Waals surface area (Å²) in [5.74, 6) is 0. The van der Waals surface area contributed by atoms with Gasteiger partial charge in [0.25, 0.3) is 0 Å². The highest BCUT2D eigenvalue weighted by Crippen LogP contribution is 2.38. The molecule has 0 amide bonds. The molecular weight excluding hydrogens is 228 g/mol. The summed E-state index contributed by atoms with van der Waals surface area (Å²) in [4.78, 5) is 2.51. The van der Waals surface area contributed by atoms with Crippen LogP contribution in [-0.4, -0.2) is 5.11 Å². The third-order valence-corrected chi connectivity index (χ3v) is 4.37. The lowest BCUT2D eigenvalue weighted by Crippen LogP contribution is -2.11. The van der Waals surface area contributed by atoms with Crippen LogP contribution in [0.25, 0.3) is 10.4 Å². The summed E-state index contributed by atoms with van der Waals surface area (Å²) in [6.07, 6.45) is 0. The second-order valence-electron chi connectivity index (χ2n) is 5.24. The molecule has 17 heavy (non-hydrogen) atoms. The van der Waals surface area contributed by atoms with E-state index in [1.54, 1.807) is 11.3 Å². The van der Waals surface area contributed by atoms with E-state index in [9.17, 15) is 5.11 Å². The van der Waals surface area contributed by atoms with E-state index < -0.39 is 0 Å². The van der Waals surface area contributed by atoms with Crippen LogP contribution in [0.4, 0.5) is 0 Å². The number of rotatable bonds is 2. The van der Waals surface area contributed by atoms with Crippen molar-refractivity contribution >= 4 is 11.3 Å². The number of aliphatic hydroxyl groups excluding tert-OH is 1. The van der Waals surface area contributed by atoms with E-state index in [4.69, 9.17) is 0 Å². The molecule has 0 saturated carbocycles. The minimum Gasteiger partial charge on any atom is -0.392 e. The molecule has 0 radical (unpaired) electrons. The average Bonchev–Trinajstić information content (AvgIpc) is 2.74. The molecule has 1 aromatic carbocycles. The average molecular weight is 246 g/mol. The fourth-order valence-corrected chi connectivity index (χ4v) is 3.16. The number of thiophene rings is 1. The molecule has 0 aliphatic carbocycles. The Labute approximate surface area is 107 Å². The minimum atomic E-state index is 0.0930. The highest BCUT2D eigenvalue weighted by molar-refractivity contribution is 7.15. The van der Waals surface area contributed by atoms with Crippen LogP contribution in [0.5, 0.6) is 0 Å². The van der Waals surface area contributed by atoms with Crippen molar-refractivity contribution in [1.82, 2.24) is 0 Å². The van der Waals surface area contributed by atoms with E-state index in [0.29, 0.717) is 0 Å². The van der Waals surface area contributed by atoms with Crippen molar-refractivity contribution in [2.75, 3.05) is 0 Å². The Morgan fingerprint density at radius 2 is 1.76 bits per heavy atom. The van der Waals surface area contributed by atoms with E-state index >= 15 is 0 Å². The lowest BCUT2D eigenvalue weighted by molar-refractivity contribution is 0.279. The maximum absolute atomic E-state index is 9.45. The van der Waals surface area contributed by atoms with Gasteiger partial charge in [0, 0.05) is 9.75 Å². The largest absolute Gasteiger partial charge is 0.392 e. The standard InChI is InChI=1S/C15H18OS/c1-15(2,3)14-12(10-16)9-13(17-14)11-7-5-4-6-8-11/h4-9,16H,10H2,1-3H3. The van der Waals surface area contributed by atoms with Crippen LogP contribution in [0.3, 0.4) is 0 Å². The highest BCUT2D eigenvalue weighted by Gasteiger charge is 2.21. The van der Waals surface area contributed by atoms with E-state index in [0.717, 1.165) is 5.56 Å². The smallest absolute Gasteiger partial charge is 0.0693 e. The fraction of sp³-hybridized carbons (Fsp3) is 0.333. The lowest BCUT2D eigenvalue weighted by atomic mass is 9.92. The molecule has 1 heterocycles. The summed E-state index contributed by atoms with van der Waals surface area (Å²) in [5.41, 5.74) is 2.37. The van der Waals surface area contributed by atoms with Gasteiger partial charge in [0.15, 0.2) is 0 Å². The van der Waals surface area contributed by atoms with Gasteiger partial charge in [-0.25, -0.2) is 0 Å². The van der Waals surface area contributed by atoms with Gasteiger partial charge in [-0.15, -0.1) is 11.3 Å². The van der Waals surface area contributed by atoms with Crippen molar-refractivity contribution in [3.05, 3.63) is 46.8 Å². The summed E-state index contributed by atoms with van der Waals surface area (Å²) in [7, 11) is 0. The molecule has 0 atom stereocenters. The van der Waals surface area contributed by atoms with Crippen LogP contribution in [0.1, 0.15) is 31.2 Å². The van der Waals surface area contributed by atoms with Gasteiger partial charge >= 0.3 is 0 Å². The summed E-state index contributed by atoms with van der Waals surface area (Å²) < 4.78 is 0. The first-order valence-electron chi connectivity index (χ1n) is 5.82. The topological polar surface area (TPSA) is 20.2 Å². The molecule has 2 aromatic rings. The molecule has 0 spiro atoms. The molecule has 0 bridgehead atoms. The first-order chi connectivity index (χ1) is 8.02. The number of hydrogen-bond acceptors (Lipinski definition) is 2.